The third-order valence-electron chi connectivity index (χ3n) is 21.6. The standard InChI is InChI=1S/3C16H36N.C13H30NO.C8H20N.C7H16NO2.C7H16N.C6H8N.4C4H12N.2BrH.ClH.9H2O/c3*1-5-9-13-17(14-10-6-2,15-11-7-3)16-12-8-4;1-4-7-10-14(13-15,11-8-5-2)12-9-6-3;1-5-9(6-2,7-3)8-4;1-5-10-7(9)6-8(2,3)4;1-8(2)6-4-3-5-7-8;1-7-5-3-2-4-6-7;4*1-5(2,3)4;;;;;;;;;;;;/h3*5-16H2,1-4H3;15H,4-13H2,1-3H3;5-8H2,1-4H3;5-6H2,1-4H3;3-7H2,1-2H3;2-6H,1H3;4*1-4H3;3*1H;9*1H2/q12*+1;;;;;;;;;;;;/p-12. The number of quaternary nitrogens is 11. The van der Waals surface area contributed by atoms with Gasteiger partial charge in [0.05, 0.1) is 292 Å². The van der Waals surface area contributed by atoms with Crippen molar-refractivity contribution in [2.45, 2.75) is 350 Å². The zero-order chi connectivity index (χ0) is 95.2. The average molecular weight is 2070 g/mol. The lowest BCUT2D eigenvalue weighted by molar-refractivity contribution is -0.945. The van der Waals surface area contributed by atoms with Crippen LogP contribution in [-0.4, -0.2) is 415 Å². The van der Waals surface area contributed by atoms with Gasteiger partial charge in [0.15, 0.2) is 25.7 Å². The highest BCUT2D eigenvalue weighted by Crippen LogP contribution is 2.21. The first-order valence-corrected chi connectivity index (χ1v) is 51.5. The van der Waals surface area contributed by atoms with Crippen LogP contribution in [0.1, 0.15) is 350 Å². The number of carbonyl (C=O) groups excluding carboxylic acids is 1. The van der Waals surface area contributed by atoms with Crippen molar-refractivity contribution < 1.29 is 164 Å². The lowest BCUT2D eigenvalue weighted by Gasteiger charge is -2.39. The van der Waals surface area contributed by atoms with E-state index < -0.39 is 0 Å². The van der Waals surface area contributed by atoms with E-state index in [2.05, 4.69) is 258 Å². The quantitative estimate of drug-likeness (QED) is 0.0275. The number of likely N-dealkylation sites (N-methyl/N-ethyl adjacent to an activating group) is 1. The van der Waals surface area contributed by atoms with Crippen molar-refractivity contribution >= 4 is 5.97 Å². The van der Waals surface area contributed by atoms with E-state index in [0.717, 1.165) is 42.0 Å². The van der Waals surface area contributed by atoms with Crippen LogP contribution in [0.15, 0.2) is 30.6 Å². The molecule has 2 rings (SSSR count). The molecule has 0 unspecified atom stereocenters. The predicted octanol–water partition coefficient (Wildman–Crippen LogP) is 12.8. The molecular weight excluding hydrogens is 1820 g/mol. The maximum atomic E-state index is 10.8. The van der Waals surface area contributed by atoms with Crippen LogP contribution in [0.2, 0.25) is 0 Å². The minimum absolute atomic E-state index is 0. The Morgan fingerprint density at radius 1 is 0.288 bits per heavy atom. The van der Waals surface area contributed by atoms with E-state index in [4.69, 9.17) is 4.74 Å². The van der Waals surface area contributed by atoms with Crippen LogP contribution in [0.3, 0.4) is 0 Å². The van der Waals surface area contributed by atoms with Gasteiger partial charge in [-0.25, -0.2) is 9.36 Å². The van der Waals surface area contributed by atoms with Crippen LogP contribution in [0.5, 0.6) is 0 Å². The fraction of sp³-hybridized carbons (Fsp3) is 0.943. The summed E-state index contributed by atoms with van der Waals surface area (Å²) in [7, 11) is 46.5. The lowest BCUT2D eigenvalue weighted by atomic mass is 10.1. The molecule has 0 atom stereocenters. The summed E-state index contributed by atoms with van der Waals surface area (Å²) in [4.78, 5) is 10.8. The van der Waals surface area contributed by atoms with Gasteiger partial charge >= 0.3 is 5.97 Å². The van der Waals surface area contributed by atoms with Gasteiger partial charge in [0.25, 0.3) is 0 Å². The maximum absolute atomic E-state index is 10.8. The van der Waals surface area contributed by atoms with E-state index in [9.17, 15) is 9.90 Å². The zero-order valence-electron chi connectivity index (χ0n) is 97.5. The number of likely N-dealkylation sites (tertiary alicyclic amines) is 1. The van der Waals surface area contributed by atoms with E-state index >= 15 is 0 Å². The number of pyridine rings is 1. The molecule has 1 aliphatic rings. The first-order chi connectivity index (χ1) is 55.8. The van der Waals surface area contributed by atoms with Crippen molar-refractivity contribution in [3.05, 3.63) is 30.6 Å². The first-order valence-electron chi connectivity index (χ1n) is 51.5. The molecule has 0 radical (unpaired) electrons. The summed E-state index contributed by atoms with van der Waals surface area (Å²) in [6.07, 6.45) is 49.0. The molecule has 828 valence electrons. The van der Waals surface area contributed by atoms with Gasteiger partial charge in [-0.1, -0.05) is 206 Å². The molecule has 1 aliphatic heterocycles. The molecule has 2 heterocycles. The molecule has 1 saturated heterocycles. The van der Waals surface area contributed by atoms with Gasteiger partial charge in [-0.15, -0.1) is 0 Å². The highest BCUT2D eigenvalue weighted by atomic mass is 79.9. The van der Waals surface area contributed by atoms with E-state index in [1.54, 1.807) is 0 Å². The molecule has 1 aromatic heterocycles. The summed E-state index contributed by atoms with van der Waals surface area (Å²) in [5.74, 6) is -0.130. The number of nitrogens with zero attached hydrogens (tertiary/aromatic N) is 12. The van der Waals surface area contributed by atoms with Gasteiger partial charge in [0.2, 0.25) is 0 Å². The Hall–Kier alpha value is -0.970. The molecule has 0 aromatic carbocycles. The minimum Gasteiger partial charge on any atom is -1.00 e. The number of carbonyl (C=O) groups is 1. The van der Waals surface area contributed by atoms with Crippen molar-refractivity contribution in [3.63, 3.8) is 0 Å². The van der Waals surface area contributed by atoms with Crippen LogP contribution in [0.25, 0.3) is 0 Å². The SMILES string of the molecule is CCCC[N+](CCCC)(CCCC)CCCC.CCCC[N+](CCCC)(CCCC)CCCC.CCCC[N+](CCCC)(CCCC)CCCC.CCCC[N+](CO)(CCCC)CCCC.CCOC(=O)C[N+](C)(C)C.CC[N+](CC)(CC)CC.C[N+](C)(C)C.C[N+](C)(C)C.C[N+](C)(C)C.C[N+](C)(C)C.C[N+]1(C)CCCCC1.C[n+]1ccccc1.[Br-].[Br-].[Cl-].[OH-].[OH-].[OH-].[OH-].[OH-].[OH-].[OH-].[OH-].[OH-]. The molecule has 0 saturated carbocycles. The molecule has 0 amide bonds. The van der Waals surface area contributed by atoms with E-state index in [-0.39, 0.29) is 102 Å². The minimum atomic E-state index is -0.130. The number of hydrogen-bond acceptors (Lipinski definition) is 12. The maximum Gasteiger partial charge on any atom is 0.361 e. The second-order valence-electron chi connectivity index (χ2n) is 43.2. The van der Waals surface area contributed by atoms with Crippen LogP contribution < -0.4 is 50.9 Å². The highest BCUT2D eigenvalue weighted by Gasteiger charge is 2.29. The number of aliphatic hydroxyl groups is 1. The summed E-state index contributed by atoms with van der Waals surface area (Å²) in [6.45, 7) is 75.3. The Bertz CT molecular complexity index is 1870. The predicted molar refractivity (Wildman–Crippen MR) is 563 cm³/mol. The largest absolute Gasteiger partial charge is 1.00 e. The number of aryl methyl sites for hydroxylation is 1. The summed E-state index contributed by atoms with van der Waals surface area (Å²) in [5.41, 5.74) is 0. The molecular formula is C105H255Br2ClN12O12. The molecule has 132 heavy (non-hydrogen) atoms. The number of halogens is 3. The van der Waals surface area contributed by atoms with Crippen LogP contribution in [0, 0.1) is 0 Å². The average Bonchev–Trinajstić information content (AvgIpc) is 0.874. The molecule has 1 fully saturated rings. The number of piperidine rings is 1. The molecule has 0 spiro atoms. The number of unbranched alkanes of at least 4 members (excludes halogenated alkanes) is 15. The normalized spacial score (nSPS) is 11.6. The topological polar surface area (TPSA) is 320 Å². The number of esters is 1. The molecule has 27 heteroatoms. The molecule has 24 nitrogen and oxygen atoms in total. The Balaban J connectivity index is -0.0000000507. The van der Waals surface area contributed by atoms with E-state index in [0.29, 0.717) is 24.4 Å². The van der Waals surface area contributed by atoms with Crippen molar-refractivity contribution in [1.29, 1.82) is 0 Å². The van der Waals surface area contributed by atoms with Gasteiger partial charge in [-0.3, -0.25) is 0 Å². The third kappa shape index (κ3) is 160. The molecule has 1 aromatic rings. The van der Waals surface area contributed by atoms with E-state index in [1.807, 2.05) is 70.3 Å². The van der Waals surface area contributed by atoms with Gasteiger partial charge in [-0.2, -0.15) is 0 Å². The Kier molecular flexibility index (Phi) is 170. The summed E-state index contributed by atoms with van der Waals surface area (Å²) >= 11 is 0. The van der Waals surface area contributed by atoms with Crippen molar-refractivity contribution in [2.24, 2.45) is 7.05 Å². The first kappa shape index (κ1) is 186. The number of hydrogen-bond donors (Lipinski definition) is 1. The number of aliphatic hydroxyl groups excluding tert-OH is 1. The van der Waals surface area contributed by atoms with Gasteiger partial charge in [0, 0.05) is 12.1 Å². The monoisotopic (exact) mass is 2070 g/mol. The fourth-order valence-electron chi connectivity index (χ4n) is 13.8. The molecule has 10 N–H and O–H groups in total. The van der Waals surface area contributed by atoms with Gasteiger partial charge in [0.1, 0.15) is 7.05 Å². The smallest absolute Gasteiger partial charge is 0.361 e. The summed E-state index contributed by atoms with van der Waals surface area (Å²) < 4.78 is 19.1. The van der Waals surface area contributed by atoms with E-state index in [1.165, 1.54) is 352 Å². The van der Waals surface area contributed by atoms with Crippen molar-refractivity contribution in [1.82, 2.24) is 0 Å². The number of ether oxygens (including phenoxy) is 1. The van der Waals surface area contributed by atoms with Crippen LogP contribution in [-0.2, 0) is 16.6 Å². The van der Waals surface area contributed by atoms with Crippen LogP contribution >= 0.6 is 0 Å². The van der Waals surface area contributed by atoms with Crippen molar-refractivity contribution in [2.75, 3.05) is 305 Å². The Labute approximate surface area is 858 Å². The molecule has 0 aliphatic carbocycles. The molecule has 0 bridgehead atoms. The Morgan fingerprint density at radius 3 is 0.538 bits per heavy atom. The number of aromatic nitrogens is 1. The van der Waals surface area contributed by atoms with Gasteiger partial charge in [-0.05, 0) is 150 Å². The summed E-state index contributed by atoms with van der Waals surface area (Å²) in [5, 5.41) is 9.63. The lowest BCUT2D eigenvalue weighted by Crippen LogP contribution is -3.00. The van der Waals surface area contributed by atoms with Crippen molar-refractivity contribution in [3.8, 4) is 0 Å². The van der Waals surface area contributed by atoms with Crippen LogP contribution in [0.4, 0.5) is 0 Å². The fourth-order valence-corrected chi connectivity index (χ4v) is 13.8. The second kappa shape index (κ2) is 121. The zero-order valence-corrected chi connectivity index (χ0v) is 101. The third-order valence-corrected chi connectivity index (χ3v) is 21.6. The second-order valence-corrected chi connectivity index (χ2v) is 43.2. The Morgan fingerprint density at radius 2 is 0.447 bits per heavy atom. The van der Waals surface area contributed by atoms with Gasteiger partial charge < -0.3 is 155 Å². The summed E-state index contributed by atoms with van der Waals surface area (Å²) in [6, 6.07) is 6.00. The number of rotatable bonds is 53. The highest BCUT2D eigenvalue weighted by molar-refractivity contribution is 5.70.